The number of halogens is 3. The fourth-order valence-electron chi connectivity index (χ4n) is 3.43. The highest BCUT2D eigenvalue weighted by molar-refractivity contribution is 7.13. The number of thiazole rings is 1. The van der Waals surface area contributed by atoms with Crippen molar-refractivity contribution in [3.8, 4) is 11.3 Å². The number of rotatable bonds is 2. The molecule has 30 heavy (non-hydrogen) atoms. The monoisotopic (exact) mass is 432 g/mol. The Bertz CT molecular complexity index is 1100. The Labute approximate surface area is 175 Å². The molecule has 1 atom stereocenters. The average molecular weight is 432 g/mol. The summed E-state index contributed by atoms with van der Waals surface area (Å²) in [6.45, 7) is 4.35. The Morgan fingerprint density at radius 1 is 1.23 bits per heavy atom. The molecule has 0 saturated carbocycles. The smallest absolute Gasteiger partial charge is 0.283 e. The maximum absolute atomic E-state index is 13.1. The molecule has 1 N–H and O–H groups in total. The van der Waals surface area contributed by atoms with Gasteiger partial charge in [-0.3, -0.25) is 10.2 Å². The van der Waals surface area contributed by atoms with E-state index in [0.29, 0.717) is 28.8 Å². The lowest BCUT2D eigenvalue weighted by atomic mass is 9.93. The number of anilines is 2. The third kappa shape index (κ3) is 4.02. The Balaban J connectivity index is 1.69. The van der Waals surface area contributed by atoms with E-state index in [4.69, 9.17) is 0 Å². The molecule has 1 aliphatic rings. The largest absolute Gasteiger partial charge is 0.416 e. The van der Waals surface area contributed by atoms with E-state index in [2.05, 4.69) is 15.3 Å². The van der Waals surface area contributed by atoms with Gasteiger partial charge in [-0.05, 0) is 43.0 Å². The quantitative estimate of drug-likeness (QED) is 0.534. The van der Waals surface area contributed by atoms with E-state index in [-0.39, 0.29) is 11.9 Å². The highest BCUT2D eigenvalue weighted by Gasteiger charge is 2.31. The third-order valence-corrected chi connectivity index (χ3v) is 5.92. The van der Waals surface area contributed by atoms with E-state index >= 15 is 0 Å². The molecule has 4 rings (SSSR count). The Kier molecular flexibility index (Phi) is 5.23. The van der Waals surface area contributed by atoms with Crippen LogP contribution in [0.15, 0.2) is 41.8 Å². The molecule has 3 aromatic rings. The number of nitrogens with one attached hydrogen (secondary N) is 1. The third-order valence-electron chi connectivity index (χ3n) is 5.04. The van der Waals surface area contributed by atoms with Gasteiger partial charge in [0, 0.05) is 17.5 Å². The summed E-state index contributed by atoms with van der Waals surface area (Å²) in [7, 11) is 0. The molecule has 2 amide bonds. The normalized spacial score (nSPS) is 16.3. The van der Waals surface area contributed by atoms with E-state index in [0.717, 1.165) is 29.8 Å². The van der Waals surface area contributed by atoms with Gasteiger partial charge < -0.3 is 0 Å². The van der Waals surface area contributed by atoms with Crippen molar-refractivity contribution in [1.29, 1.82) is 0 Å². The van der Waals surface area contributed by atoms with Gasteiger partial charge in [0.2, 0.25) is 0 Å². The fourth-order valence-corrected chi connectivity index (χ4v) is 4.11. The van der Waals surface area contributed by atoms with Crippen molar-refractivity contribution in [2.24, 2.45) is 0 Å². The molecule has 2 aromatic heterocycles. The van der Waals surface area contributed by atoms with Crippen LogP contribution in [0.3, 0.4) is 0 Å². The van der Waals surface area contributed by atoms with E-state index in [1.807, 2.05) is 25.3 Å². The van der Waals surface area contributed by atoms with Gasteiger partial charge in [-0.2, -0.15) is 13.2 Å². The molecule has 1 unspecified atom stereocenters. The van der Waals surface area contributed by atoms with Gasteiger partial charge >= 0.3 is 12.2 Å². The highest BCUT2D eigenvalue weighted by atomic mass is 32.1. The van der Waals surface area contributed by atoms with Gasteiger partial charge in [-0.15, -0.1) is 11.3 Å². The molecule has 0 saturated heterocycles. The number of carbonyl (C=O) groups excluding carboxylic acids is 1. The minimum atomic E-state index is -4.43. The average Bonchev–Trinajstić information content (AvgIpc) is 3.12. The summed E-state index contributed by atoms with van der Waals surface area (Å²) in [5.74, 6) is 0.656. The van der Waals surface area contributed by atoms with Crippen molar-refractivity contribution in [3.05, 3.63) is 58.6 Å². The van der Waals surface area contributed by atoms with Crippen LogP contribution in [0.4, 0.5) is 28.9 Å². The minimum absolute atomic E-state index is 0.189. The zero-order chi connectivity index (χ0) is 21.5. The SMILES string of the molecule is Cc1csc(NC(=O)N2CCC(C)c3ccc(-c4cccc(C(F)(F)F)c4)nc32)n1. The van der Waals surface area contributed by atoms with Crippen LogP contribution in [0.2, 0.25) is 0 Å². The molecule has 0 bridgehead atoms. The number of pyridine rings is 1. The topological polar surface area (TPSA) is 58.1 Å². The first kappa shape index (κ1) is 20.3. The number of aromatic nitrogens is 2. The summed E-state index contributed by atoms with van der Waals surface area (Å²) in [6, 6.07) is 8.23. The Hall–Kier alpha value is -2.94. The van der Waals surface area contributed by atoms with Gasteiger partial charge in [0.05, 0.1) is 17.0 Å². The minimum Gasteiger partial charge on any atom is -0.283 e. The fraction of sp³-hybridized carbons (Fsp3) is 0.286. The highest BCUT2D eigenvalue weighted by Crippen LogP contribution is 2.37. The number of benzene rings is 1. The maximum atomic E-state index is 13.1. The van der Waals surface area contributed by atoms with E-state index in [9.17, 15) is 18.0 Å². The first-order valence-electron chi connectivity index (χ1n) is 9.41. The molecule has 0 spiro atoms. The summed E-state index contributed by atoms with van der Waals surface area (Å²) < 4.78 is 39.3. The number of fused-ring (bicyclic) bond motifs is 1. The molecule has 5 nitrogen and oxygen atoms in total. The zero-order valence-corrected chi connectivity index (χ0v) is 17.1. The maximum Gasteiger partial charge on any atom is 0.416 e. The van der Waals surface area contributed by atoms with Crippen LogP contribution in [0.1, 0.15) is 36.1 Å². The van der Waals surface area contributed by atoms with Crippen LogP contribution in [0.5, 0.6) is 0 Å². The summed E-state index contributed by atoms with van der Waals surface area (Å²) in [5.41, 5.74) is 1.70. The first-order valence-corrected chi connectivity index (χ1v) is 10.3. The Morgan fingerprint density at radius 2 is 2.03 bits per heavy atom. The van der Waals surface area contributed by atoms with Crippen LogP contribution in [0.25, 0.3) is 11.3 Å². The summed E-state index contributed by atoms with van der Waals surface area (Å²) in [6.07, 6.45) is -3.67. The van der Waals surface area contributed by atoms with E-state index < -0.39 is 11.7 Å². The molecule has 156 valence electrons. The molecule has 1 aliphatic heterocycles. The molecule has 0 radical (unpaired) electrons. The van der Waals surface area contributed by atoms with Gasteiger partial charge in [0.1, 0.15) is 5.82 Å². The van der Waals surface area contributed by atoms with Crippen LogP contribution < -0.4 is 10.2 Å². The summed E-state index contributed by atoms with van der Waals surface area (Å²) >= 11 is 1.33. The molecule has 0 fully saturated rings. The second-order valence-corrected chi connectivity index (χ2v) is 8.11. The summed E-state index contributed by atoms with van der Waals surface area (Å²) in [4.78, 5) is 23.2. The van der Waals surface area contributed by atoms with Crippen molar-refractivity contribution in [2.45, 2.75) is 32.4 Å². The van der Waals surface area contributed by atoms with Crippen LogP contribution in [-0.4, -0.2) is 22.5 Å². The van der Waals surface area contributed by atoms with Gasteiger partial charge in [0.25, 0.3) is 0 Å². The lowest BCUT2D eigenvalue weighted by Crippen LogP contribution is -2.40. The number of urea groups is 1. The predicted molar refractivity (Wildman–Crippen MR) is 111 cm³/mol. The van der Waals surface area contributed by atoms with Crippen LogP contribution in [0, 0.1) is 6.92 Å². The molecule has 9 heteroatoms. The standard InChI is InChI=1S/C21H19F3N4OS/c1-12-8-9-28(20(29)27-19-25-13(2)11-30-19)18-16(12)6-7-17(26-18)14-4-3-5-15(10-14)21(22,23)24/h3-7,10-12H,8-9H2,1-2H3,(H,25,27,29). The number of carbonyl (C=O) groups is 1. The van der Waals surface area contributed by atoms with E-state index in [1.165, 1.54) is 22.3 Å². The summed E-state index contributed by atoms with van der Waals surface area (Å²) in [5, 5.41) is 5.11. The van der Waals surface area contributed by atoms with E-state index in [1.54, 1.807) is 12.1 Å². The molecular weight excluding hydrogens is 413 g/mol. The van der Waals surface area contributed by atoms with Crippen LogP contribution >= 0.6 is 11.3 Å². The number of amides is 2. The second kappa shape index (κ2) is 7.71. The van der Waals surface area contributed by atoms with Crippen molar-refractivity contribution in [1.82, 2.24) is 9.97 Å². The predicted octanol–water partition coefficient (Wildman–Crippen LogP) is 6.08. The number of aryl methyl sites for hydroxylation is 1. The lowest BCUT2D eigenvalue weighted by molar-refractivity contribution is -0.137. The first-order chi connectivity index (χ1) is 14.2. The number of hydrogen-bond donors (Lipinski definition) is 1. The van der Waals surface area contributed by atoms with Crippen molar-refractivity contribution in [3.63, 3.8) is 0 Å². The van der Waals surface area contributed by atoms with Crippen molar-refractivity contribution in [2.75, 3.05) is 16.8 Å². The van der Waals surface area contributed by atoms with Crippen molar-refractivity contribution < 1.29 is 18.0 Å². The molecule has 0 aliphatic carbocycles. The van der Waals surface area contributed by atoms with Gasteiger partial charge in [-0.25, -0.2) is 14.8 Å². The van der Waals surface area contributed by atoms with Gasteiger partial charge in [-0.1, -0.05) is 25.1 Å². The number of alkyl halides is 3. The van der Waals surface area contributed by atoms with Crippen molar-refractivity contribution >= 4 is 28.3 Å². The van der Waals surface area contributed by atoms with Gasteiger partial charge in [0.15, 0.2) is 5.13 Å². The molecule has 1 aromatic carbocycles. The molecule has 3 heterocycles. The zero-order valence-electron chi connectivity index (χ0n) is 16.3. The lowest BCUT2D eigenvalue weighted by Gasteiger charge is -2.32. The molecular formula is C21H19F3N4OS. The number of nitrogens with zero attached hydrogens (tertiary/aromatic N) is 3. The van der Waals surface area contributed by atoms with Crippen LogP contribution in [-0.2, 0) is 6.18 Å². The number of hydrogen-bond acceptors (Lipinski definition) is 4. The second-order valence-electron chi connectivity index (χ2n) is 7.25. The Morgan fingerprint density at radius 3 is 2.73 bits per heavy atom.